The van der Waals surface area contributed by atoms with Crippen molar-refractivity contribution in [2.75, 3.05) is 6.54 Å². The molecule has 5 heteroatoms. The van der Waals surface area contributed by atoms with Crippen LogP contribution < -0.4 is 5.73 Å². The van der Waals surface area contributed by atoms with Crippen LogP contribution in [0.4, 0.5) is 0 Å². The number of benzene rings is 1. The summed E-state index contributed by atoms with van der Waals surface area (Å²) in [6.45, 7) is 6.34. The molecule has 2 rings (SSSR count). The highest BCUT2D eigenvalue weighted by Gasteiger charge is 2.38. The van der Waals surface area contributed by atoms with Gasteiger partial charge >= 0.3 is 0 Å². The van der Waals surface area contributed by atoms with E-state index in [1.165, 1.54) is 0 Å². The Balaban J connectivity index is 2.48. The molecule has 0 saturated heterocycles. The molecule has 0 aromatic heterocycles. The van der Waals surface area contributed by atoms with Crippen LogP contribution in [-0.2, 0) is 23.0 Å². The summed E-state index contributed by atoms with van der Waals surface area (Å²) < 4.78 is 27.3. The Hall–Kier alpha value is -1.17. The van der Waals surface area contributed by atoms with E-state index in [1.807, 2.05) is 19.1 Å². The molecular formula is C15H22N2O2S. The highest BCUT2D eigenvalue weighted by atomic mass is 32.2. The molecule has 0 heterocycles. The van der Waals surface area contributed by atoms with Crippen molar-refractivity contribution in [3.05, 3.63) is 42.0 Å². The monoisotopic (exact) mass is 294 g/mol. The third-order valence-electron chi connectivity index (χ3n) is 3.60. The van der Waals surface area contributed by atoms with Gasteiger partial charge in [0.2, 0.25) is 10.0 Å². The standard InChI is InChI=1S/C15H22N2O2S/c1-3-9-17(14-7-8-14)20(18,19)15-10-12(11-16)5-6-13(15)4-2/h3,5-6,10,14H,1,4,7-9,11,16H2,2H3. The van der Waals surface area contributed by atoms with Crippen LogP contribution in [0.2, 0.25) is 0 Å². The molecule has 1 aliphatic rings. The summed E-state index contributed by atoms with van der Waals surface area (Å²) in [6.07, 6.45) is 4.20. The van der Waals surface area contributed by atoms with Crippen molar-refractivity contribution in [2.45, 2.75) is 43.7 Å². The molecule has 20 heavy (non-hydrogen) atoms. The summed E-state index contributed by atoms with van der Waals surface area (Å²) in [7, 11) is -3.47. The van der Waals surface area contributed by atoms with E-state index >= 15 is 0 Å². The van der Waals surface area contributed by atoms with E-state index < -0.39 is 10.0 Å². The summed E-state index contributed by atoms with van der Waals surface area (Å²) in [5.41, 5.74) is 7.32. The number of nitrogens with two attached hydrogens (primary N) is 1. The van der Waals surface area contributed by atoms with E-state index in [1.54, 1.807) is 16.4 Å². The molecule has 4 nitrogen and oxygen atoms in total. The second-order valence-electron chi connectivity index (χ2n) is 5.09. The maximum atomic E-state index is 12.9. The largest absolute Gasteiger partial charge is 0.326 e. The minimum absolute atomic E-state index is 0.129. The van der Waals surface area contributed by atoms with E-state index in [-0.39, 0.29) is 6.04 Å². The fraction of sp³-hybridized carbons (Fsp3) is 0.467. The van der Waals surface area contributed by atoms with Gasteiger partial charge in [0.25, 0.3) is 0 Å². The number of hydrogen-bond acceptors (Lipinski definition) is 3. The third kappa shape index (κ3) is 2.95. The summed E-state index contributed by atoms with van der Waals surface area (Å²) in [4.78, 5) is 0.400. The summed E-state index contributed by atoms with van der Waals surface area (Å²) >= 11 is 0. The van der Waals surface area contributed by atoms with Crippen LogP contribution in [0.1, 0.15) is 30.9 Å². The molecule has 0 bridgehead atoms. The summed E-state index contributed by atoms with van der Waals surface area (Å²) in [5, 5.41) is 0. The second-order valence-corrected chi connectivity index (χ2v) is 6.95. The quantitative estimate of drug-likeness (QED) is 0.783. The molecule has 0 unspecified atom stereocenters. The Kier molecular flexibility index (Phi) is 4.62. The molecular weight excluding hydrogens is 272 g/mol. The van der Waals surface area contributed by atoms with Crippen LogP contribution in [0.25, 0.3) is 0 Å². The molecule has 110 valence electrons. The zero-order valence-corrected chi connectivity index (χ0v) is 12.7. The number of sulfonamides is 1. The molecule has 1 aliphatic carbocycles. The minimum Gasteiger partial charge on any atom is -0.326 e. The van der Waals surface area contributed by atoms with E-state index in [2.05, 4.69) is 6.58 Å². The fourth-order valence-electron chi connectivity index (χ4n) is 2.32. The van der Waals surface area contributed by atoms with Crippen LogP contribution in [0, 0.1) is 0 Å². The van der Waals surface area contributed by atoms with Gasteiger partial charge in [-0.3, -0.25) is 0 Å². The van der Waals surface area contributed by atoms with Gasteiger partial charge in [-0.2, -0.15) is 4.31 Å². The second kappa shape index (κ2) is 6.08. The molecule has 0 atom stereocenters. The Morgan fingerprint density at radius 3 is 2.65 bits per heavy atom. The Labute approximate surface area is 121 Å². The highest BCUT2D eigenvalue weighted by Crippen LogP contribution is 2.33. The van der Waals surface area contributed by atoms with Gasteiger partial charge in [0.15, 0.2) is 0 Å². The Morgan fingerprint density at radius 2 is 2.15 bits per heavy atom. The lowest BCUT2D eigenvalue weighted by molar-refractivity contribution is 0.435. The van der Waals surface area contributed by atoms with Gasteiger partial charge in [-0.1, -0.05) is 25.1 Å². The van der Waals surface area contributed by atoms with Gasteiger partial charge in [-0.15, -0.1) is 6.58 Å². The molecule has 0 radical (unpaired) electrons. The lowest BCUT2D eigenvalue weighted by atomic mass is 10.1. The average Bonchev–Trinajstić information content (AvgIpc) is 3.28. The van der Waals surface area contributed by atoms with Gasteiger partial charge in [0, 0.05) is 19.1 Å². The predicted molar refractivity (Wildman–Crippen MR) is 80.8 cm³/mol. The Bertz CT molecular complexity index is 592. The Morgan fingerprint density at radius 1 is 1.45 bits per heavy atom. The van der Waals surface area contributed by atoms with Crippen LogP contribution in [0.5, 0.6) is 0 Å². The van der Waals surface area contributed by atoms with Crippen molar-refractivity contribution >= 4 is 10.0 Å². The van der Waals surface area contributed by atoms with Crippen LogP contribution in [0.3, 0.4) is 0 Å². The van der Waals surface area contributed by atoms with E-state index in [0.717, 1.165) is 24.0 Å². The number of rotatable bonds is 7. The normalized spacial score (nSPS) is 15.6. The van der Waals surface area contributed by atoms with Gasteiger partial charge < -0.3 is 5.73 Å². The van der Waals surface area contributed by atoms with Gasteiger partial charge in [0.1, 0.15) is 0 Å². The molecule has 1 aromatic carbocycles. The fourth-order valence-corrected chi connectivity index (χ4v) is 4.32. The SMILES string of the molecule is C=CCN(C1CC1)S(=O)(=O)c1cc(CN)ccc1CC. The van der Waals surface area contributed by atoms with Crippen molar-refractivity contribution in [1.29, 1.82) is 0 Å². The van der Waals surface area contributed by atoms with Crippen molar-refractivity contribution in [3.8, 4) is 0 Å². The molecule has 0 spiro atoms. The molecule has 1 aromatic rings. The molecule has 2 N–H and O–H groups in total. The summed E-state index contributed by atoms with van der Waals surface area (Å²) in [6, 6.07) is 5.61. The van der Waals surface area contributed by atoms with Crippen LogP contribution >= 0.6 is 0 Å². The molecule has 0 aliphatic heterocycles. The third-order valence-corrected chi connectivity index (χ3v) is 5.60. The van der Waals surface area contributed by atoms with Crippen molar-refractivity contribution in [1.82, 2.24) is 4.31 Å². The smallest absolute Gasteiger partial charge is 0.243 e. The maximum absolute atomic E-state index is 12.9. The van der Waals surface area contributed by atoms with Gasteiger partial charge in [-0.05, 0) is 36.5 Å². The van der Waals surface area contributed by atoms with Crippen molar-refractivity contribution < 1.29 is 8.42 Å². The van der Waals surface area contributed by atoms with Gasteiger partial charge in [-0.25, -0.2) is 8.42 Å². The maximum Gasteiger partial charge on any atom is 0.243 e. The number of aryl methyl sites for hydroxylation is 1. The van der Waals surface area contributed by atoms with Crippen LogP contribution in [0.15, 0.2) is 35.7 Å². The first-order valence-electron chi connectivity index (χ1n) is 6.99. The minimum atomic E-state index is -3.47. The van der Waals surface area contributed by atoms with E-state index in [9.17, 15) is 8.42 Å². The molecule has 0 amide bonds. The van der Waals surface area contributed by atoms with Crippen LogP contribution in [-0.4, -0.2) is 25.3 Å². The molecule has 1 fully saturated rings. The summed E-state index contributed by atoms with van der Waals surface area (Å²) in [5.74, 6) is 0. The zero-order chi connectivity index (χ0) is 14.8. The number of nitrogens with zero attached hydrogens (tertiary/aromatic N) is 1. The van der Waals surface area contributed by atoms with E-state index in [4.69, 9.17) is 5.73 Å². The molecule has 1 saturated carbocycles. The number of hydrogen-bond donors (Lipinski definition) is 1. The topological polar surface area (TPSA) is 63.4 Å². The average molecular weight is 294 g/mol. The van der Waals surface area contributed by atoms with Gasteiger partial charge in [0.05, 0.1) is 4.90 Å². The highest BCUT2D eigenvalue weighted by molar-refractivity contribution is 7.89. The van der Waals surface area contributed by atoms with Crippen molar-refractivity contribution in [2.24, 2.45) is 5.73 Å². The first-order chi connectivity index (χ1) is 9.54. The lowest BCUT2D eigenvalue weighted by Crippen LogP contribution is -2.34. The first-order valence-corrected chi connectivity index (χ1v) is 8.43. The van der Waals surface area contributed by atoms with Crippen molar-refractivity contribution in [3.63, 3.8) is 0 Å². The predicted octanol–water partition coefficient (Wildman–Crippen LogP) is 2.05. The first kappa shape index (κ1) is 15.2. The zero-order valence-electron chi connectivity index (χ0n) is 11.9. The van der Waals surface area contributed by atoms with E-state index in [0.29, 0.717) is 24.4 Å². The lowest BCUT2D eigenvalue weighted by Gasteiger charge is -2.22.